The monoisotopic (exact) mass is 451 g/mol. The fraction of sp³-hybridized carbons (Fsp3) is 0.188. The van der Waals surface area contributed by atoms with Gasteiger partial charge in [-0.2, -0.15) is 0 Å². The molecule has 2 heterocycles. The van der Waals surface area contributed by atoms with Crippen LogP contribution in [0.4, 0.5) is 5.13 Å². The Balaban J connectivity index is 1.68. The van der Waals surface area contributed by atoms with Gasteiger partial charge >= 0.3 is 0 Å². The number of benzene rings is 1. The van der Waals surface area contributed by atoms with Gasteiger partial charge in [0.25, 0.3) is 5.56 Å². The second-order valence-electron chi connectivity index (χ2n) is 5.16. The van der Waals surface area contributed by atoms with Crippen molar-refractivity contribution in [2.24, 2.45) is 0 Å². The first-order valence-electron chi connectivity index (χ1n) is 7.67. The number of nitrogens with zero attached hydrogens (tertiary/aromatic N) is 3. The molecule has 0 aliphatic heterocycles. The quantitative estimate of drug-likeness (QED) is 0.438. The number of thioether (sulfide) groups is 1. The van der Waals surface area contributed by atoms with Gasteiger partial charge in [-0.15, -0.1) is 10.2 Å². The Hall–Kier alpha value is -2.04. The van der Waals surface area contributed by atoms with E-state index in [9.17, 15) is 9.59 Å². The molecule has 10 heteroatoms. The molecule has 0 radical (unpaired) electrons. The highest BCUT2D eigenvalue weighted by Gasteiger charge is 2.21. The number of H-pyrrole nitrogens is 1. The number of amides is 1. The molecule has 0 aliphatic carbocycles. The average molecular weight is 452 g/mol. The topological polar surface area (TPSA) is 101 Å². The maximum atomic E-state index is 12.5. The van der Waals surface area contributed by atoms with Crippen molar-refractivity contribution in [3.8, 4) is 10.6 Å². The minimum Gasteiger partial charge on any atom is -0.301 e. The summed E-state index contributed by atoms with van der Waals surface area (Å²) < 4.78 is 0.981. The van der Waals surface area contributed by atoms with E-state index in [0.29, 0.717) is 16.7 Å². The van der Waals surface area contributed by atoms with Crippen molar-refractivity contribution in [2.75, 3.05) is 5.32 Å². The molecule has 3 aromatic rings. The highest BCUT2D eigenvalue weighted by atomic mass is 79.9. The van der Waals surface area contributed by atoms with Crippen LogP contribution in [-0.2, 0) is 4.79 Å². The Morgan fingerprint density at radius 1 is 1.31 bits per heavy atom. The van der Waals surface area contributed by atoms with E-state index in [1.807, 2.05) is 31.2 Å². The lowest BCUT2D eigenvalue weighted by Gasteiger charge is -2.12. The van der Waals surface area contributed by atoms with Crippen molar-refractivity contribution in [3.05, 3.63) is 51.4 Å². The molecule has 2 aromatic heterocycles. The van der Waals surface area contributed by atoms with Gasteiger partial charge in [0.15, 0.2) is 5.16 Å². The molecular formula is C16H14BrN5O2S2. The average Bonchev–Trinajstić information content (AvgIpc) is 3.08. The zero-order valence-corrected chi connectivity index (χ0v) is 16.8. The summed E-state index contributed by atoms with van der Waals surface area (Å²) in [5.41, 5.74) is 0.680. The third-order valence-electron chi connectivity index (χ3n) is 3.31. The molecule has 1 atom stereocenters. The molecule has 0 bridgehead atoms. The van der Waals surface area contributed by atoms with Crippen LogP contribution in [0.15, 0.2) is 51.0 Å². The van der Waals surface area contributed by atoms with Crippen molar-refractivity contribution in [2.45, 2.75) is 23.8 Å². The molecule has 0 saturated heterocycles. The summed E-state index contributed by atoms with van der Waals surface area (Å²) in [6.45, 7) is 1.89. The van der Waals surface area contributed by atoms with Gasteiger partial charge in [0, 0.05) is 22.3 Å². The largest absolute Gasteiger partial charge is 0.301 e. The molecule has 7 nitrogen and oxygen atoms in total. The predicted octanol–water partition coefficient (Wildman–Crippen LogP) is 3.56. The number of halogens is 1. The SMILES string of the molecule is CCC(Sc1nccc(=O)[nH]1)C(=O)Nc1nnc(-c2ccc(Br)cc2)s1. The van der Waals surface area contributed by atoms with Crippen LogP contribution >= 0.6 is 39.0 Å². The summed E-state index contributed by atoms with van der Waals surface area (Å²) in [7, 11) is 0. The Bertz CT molecular complexity index is 958. The van der Waals surface area contributed by atoms with Gasteiger partial charge in [0.1, 0.15) is 5.01 Å². The molecule has 1 amide bonds. The second kappa shape index (κ2) is 8.56. The van der Waals surface area contributed by atoms with Gasteiger partial charge in [-0.1, -0.05) is 58.1 Å². The molecule has 1 aromatic carbocycles. The van der Waals surface area contributed by atoms with Gasteiger partial charge in [-0.25, -0.2) is 4.98 Å². The number of anilines is 1. The van der Waals surface area contributed by atoms with Crippen molar-refractivity contribution in [1.29, 1.82) is 0 Å². The maximum absolute atomic E-state index is 12.5. The van der Waals surface area contributed by atoms with Gasteiger partial charge in [0.2, 0.25) is 11.0 Å². The zero-order chi connectivity index (χ0) is 18.5. The van der Waals surface area contributed by atoms with E-state index in [2.05, 4.69) is 41.4 Å². The highest BCUT2D eigenvalue weighted by Crippen LogP contribution is 2.28. The number of rotatable bonds is 6. The molecular weight excluding hydrogens is 438 g/mol. The summed E-state index contributed by atoms with van der Waals surface area (Å²) in [6, 6.07) is 9.03. The van der Waals surface area contributed by atoms with Crippen LogP contribution in [0.1, 0.15) is 13.3 Å². The van der Waals surface area contributed by atoms with Gasteiger partial charge in [0.05, 0.1) is 5.25 Å². The van der Waals surface area contributed by atoms with Crippen LogP contribution in [0, 0.1) is 0 Å². The first-order valence-corrected chi connectivity index (χ1v) is 10.2. The van der Waals surface area contributed by atoms with Crippen LogP contribution in [0.3, 0.4) is 0 Å². The van der Waals surface area contributed by atoms with Gasteiger partial charge < -0.3 is 4.98 Å². The van der Waals surface area contributed by atoms with E-state index in [1.165, 1.54) is 35.4 Å². The van der Waals surface area contributed by atoms with E-state index in [1.54, 1.807) is 0 Å². The summed E-state index contributed by atoms with van der Waals surface area (Å²) in [6.07, 6.45) is 1.99. The van der Waals surface area contributed by atoms with Crippen molar-refractivity contribution in [3.63, 3.8) is 0 Å². The standard InChI is InChI=1S/C16H14BrN5O2S2/c1-2-11(25-15-18-8-7-12(23)19-15)13(24)20-16-22-21-14(26-16)9-3-5-10(17)6-4-9/h3-8,11H,2H2,1H3,(H,18,19,23)(H,20,22,24). The number of nitrogens with one attached hydrogen (secondary N) is 2. The number of hydrogen-bond acceptors (Lipinski definition) is 7. The van der Waals surface area contributed by atoms with E-state index in [4.69, 9.17) is 0 Å². The van der Waals surface area contributed by atoms with Crippen LogP contribution in [0.5, 0.6) is 0 Å². The van der Waals surface area contributed by atoms with E-state index in [-0.39, 0.29) is 11.5 Å². The van der Waals surface area contributed by atoms with Gasteiger partial charge in [-0.05, 0) is 18.6 Å². The number of hydrogen-bond donors (Lipinski definition) is 2. The lowest BCUT2D eigenvalue weighted by atomic mass is 10.2. The van der Waals surface area contributed by atoms with Crippen LogP contribution in [-0.4, -0.2) is 31.3 Å². The van der Waals surface area contributed by atoms with E-state index < -0.39 is 5.25 Å². The third-order valence-corrected chi connectivity index (χ3v) is 5.99. The Labute approximate surface area is 165 Å². The second-order valence-corrected chi connectivity index (χ2v) is 8.25. The van der Waals surface area contributed by atoms with Crippen molar-refractivity contribution < 1.29 is 4.79 Å². The fourth-order valence-electron chi connectivity index (χ4n) is 2.04. The van der Waals surface area contributed by atoms with Crippen LogP contribution in [0.2, 0.25) is 0 Å². The summed E-state index contributed by atoms with van der Waals surface area (Å²) in [5.74, 6) is -0.206. The lowest BCUT2D eigenvalue weighted by Crippen LogP contribution is -2.25. The summed E-state index contributed by atoms with van der Waals surface area (Å²) >= 11 is 5.90. The molecule has 0 spiro atoms. The summed E-state index contributed by atoms with van der Waals surface area (Å²) in [5, 5.41) is 12.1. The van der Waals surface area contributed by atoms with E-state index >= 15 is 0 Å². The van der Waals surface area contributed by atoms with E-state index in [0.717, 1.165) is 15.0 Å². The fourth-order valence-corrected chi connectivity index (χ4v) is 3.94. The molecule has 0 fully saturated rings. The Kier molecular flexibility index (Phi) is 6.17. The molecule has 26 heavy (non-hydrogen) atoms. The Morgan fingerprint density at radius 2 is 2.08 bits per heavy atom. The smallest absolute Gasteiger partial charge is 0.251 e. The molecule has 134 valence electrons. The molecule has 0 aliphatic rings. The normalized spacial score (nSPS) is 11.9. The minimum absolute atomic E-state index is 0.206. The van der Waals surface area contributed by atoms with Crippen molar-refractivity contribution in [1.82, 2.24) is 20.2 Å². The maximum Gasteiger partial charge on any atom is 0.251 e. The van der Waals surface area contributed by atoms with Crippen LogP contribution < -0.4 is 10.9 Å². The zero-order valence-electron chi connectivity index (χ0n) is 13.6. The van der Waals surface area contributed by atoms with Gasteiger partial charge in [-0.3, -0.25) is 14.9 Å². The summed E-state index contributed by atoms with van der Waals surface area (Å²) in [4.78, 5) is 30.5. The number of carbonyl (C=O) groups is 1. The van der Waals surface area contributed by atoms with Crippen molar-refractivity contribution >= 4 is 50.1 Å². The molecule has 3 rings (SSSR count). The van der Waals surface area contributed by atoms with Crippen LogP contribution in [0.25, 0.3) is 10.6 Å². The highest BCUT2D eigenvalue weighted by molar-refractivity contribution is 9.10. The number of aromatic nitrogens is 4. The first-order chi connectivity index (χ1) is 12.5. The number of carbonyl (C=O) groups excluding carboxylic acids is 1. The minimum atomic E-state index is -0.402. The third kappa shape index (κ3) is 4.77. The molecule has 0 saturated carbocycles. The Morgan fingerprint density at radius 3 is 2.77 bits per heavy atom. The predicted molar refractivity (Wildman–Crippen MR) is 106 cm³/mol. The number of aromatic amines is 1. The first kappa shape index (κ1) is 18.7. The lowest BCUT2D eigenvalue weighted by molar-refractivity contribution is -0.115. The molecule has 2 N–H and O–H groups in total. The molecule has 1 unspecified atom stereocenters.